The highest BCUT2D eigenvalue weighted by Crippen LogP contribution is 2.43. The van der Waals surface area contributed by atoms with Crippen molar-refractivity contribution in [3.63, 3.8) is 0 Å². The molecule has 0 saturated heterocycles. The minimum absolute atomic E-state index is 0.0268. The molecule has 0 saturated carbocycles. The zero-order chi connectivity index (χ0) is 24.8. The van der Waals surface area contributed by atoms with Gasteiger partial charge in [0.05, 0.1) is 11.4 Å². The Morgan fingerprint density at radius 1 is 0.622 bits per heavy atom. The van der Waals surface area contributed by atoms with Crippen LogP contribution in [0.1, 0.15) is 28.2 Å². The lowest BCUT2D eigenvalue weighted by Gasteiger charge is -2.17. The SMILES string of the molecule is Cc1ccc(-c2nn(-c3ccccc3)cc2C(c2c[nH]c3ccccc23)c2c[nH]c3ccccc23)cc1. The van der Waals surface area contributed by atoms with Gasteiger partial charge in [-0.3, -0.25) is 0 Å². The molecule has 2 N–H and O–H groups in total. The van der Waals surface area contributed by atoms with E-state index in [0.717, 1.165) is 28.0 Å². The van der Waals surface area contributed by atoms with Gasteiger partial charge in [0.25, 0.3) is 0 Å². The molecule has 0 radical (unpaired) electrons. The third-order valence-corrected chi connectivity index (χ3v) is 7.26. The van der Waals surface area contributed by atoms with Gasteiger partial charge in [-0.25, -0.2) is 4.68 Å². The van der Waals surface area contributed by atoms with Crippen molar-refractivity contribution in [2.45, 2.75) is 12.8 Å². The fraction of sp³-hybridized carbons (Fsp3) is 0.0606. The van der Waals surface area contributed by atoms with E-state index in [9.17, 15) is 0 Å². The lowest BCUT2D eigenvalue weighted by molar-refractivity contribution is 0.882. The van der Waals surface area contributed by atoms with Gasteiger partial charge in [-0.1, -0.05) is 84.4 Å². The first-order chi connectivity index (χ1) is 18.3. The van der Waals surface area contributed by atoms with Gasteiger partial charge >= 0.3 is 0 Å². The van der Waals surface area contributed by atoms with Gasteiger partial charge in [0.1, 0.15) is 0 Å². The highest BCUT2D eigenvalue weighted by Gasteiger charge is 2.28. The number of aromatic amines is 2. The van der Waals surface area contributed by atoms with Crippen molar-refractivity contribution in [2.24, 2.45) is 0 Å². The molecule has 7 rings (SSSR count). The first-order valence-corrected chi connectivity index (χ1v) is 12.6. The van der Waals surface area contributed by atoms with E-state index in [0.29, 0.717) is 0 Å². The summed E-state index contributed by atoms with van der Waals surface area (Å²) < 4.78 is 2.02. The van der Waals surface area contributed by atoms with E-state index in [1.54, 1.807) is 0 Å². The number of aromatic nitrogens is 4. The molecule has 0 atom stereocenters. The molecule has 0 aliphatic heterocycles. The molecule has 3 heterocycles. The molecular weight excluding hydrogens is 452 g/mol. The van der Waals surface area contributed by atoms with Crippen molar-refractivity contribution in [2.75, 3.05) is 0 Å². The third-order valence-electron chi connectivity index (χ3n) is 7.26. The van der Waals surface area contributed by atoms with Gasteiger partial charge in [-0.05, 0) is 42.3 Å². The van der Waals surface area contributed by atoms with Crippen LogP contribution in [0.2, 0.25) is 0 Å². The second-order valence-corrected chi connectivity index (χ2v) is 9.59. The van der Waals surface area contributed by atoms with E-state index >= 15 is 0 Å². The van der Waals surface area contributed by atoms with Crippen LogP contribution in [0.4, 0.5) is 0 Å². The van der Waals surface area contributed by atoms with Gasteiger partial charge in [0.2, 0.25) is 0 Å². The van der Waals surface area contributed by atoms with Gasteiger partial charge in [0, 0.05) is 57.4 Å². The number of nitrogens with one attached hydrogen (secondary N) is 2. The normalized spacial score (nSPS) is 11.6. The second kappa shape index (κ2) is 8.68. The molecule has 178 valence electrons. The summed E-state index contributed by atoms with van der Waals surface area (Å²) >= 11 is 0. The van der Waals surface area contributed by atoms with Crippen molar-refractivity contribution in [1.29, 1.82) is 0 Å². The minimum Gasteiger partial charge on any atom is -0.361 e. The van der Waals surface area contributed by atoms with Crippen molar-refractivity contribution in [3.8, 4) is 16.9 Å². The summed E-state index contributed by atoms with van der Waals surface area (Å²) in [5.41, 5.74) is 10.3. The predicted molar refractivity (Wildman–Crippen MR) is 151 cm³/mol. The van der Waals surface area contributed by atoms with Crippen molar-refractivity contribution in [1.82, 2.24) is 19.7 Å². The molecule has 0 unspecified atom stereocenters. The monoisotopic (exact) mass is 478 g/mol. The van der Waals surface area contributed by atoms with Crippen LogP contribution in [0.25, 0.3) is 38.8 Å². The number of fused-ring (bicyclic) bond motifs is 2. The number of nitrogens with zero attached hydrogens (tertiary/aromatic N) is 2. The zero-order valence-electron chi connectivity index (χ0n) is 20.5. The highest BCUT2D eigenvalue weighted by molar-refractivity contribution is 5.89. The Kier molecular flexibility index (Phi) is 5.03. The second-order valence-electron chi connectivity index (χ2n) is 9.59. The smallest absolute Gasteiger partial charge is 0.0969 e. The summed E-state index contributed by atoms with van der Waals surface area (Å²) in [5.74, 6) is -0.0268. The summed E-state index contributed by atoms with van der Waals surface area (Å²) in [4.78, 5) is 7.03. The predicted octanol–water partition coefficient (Wildman–Crippen LogP) is 7.99. The number of rotatable bonds is 5. The molecule has 0 spiro atoms. The number of aryl methyl sites for hydroxylation is 1. The minimum atomic E-state index is -0.0268. The Labute approximate surface area is 215 Å². The third kappa shape index (κ3) is 3.66. The molecular formula is C33H26N4. The zero-order valence-corrected chi connectivity index (χ0v) is 20.5. The average molecular weight is 479 g/mol. The lowest BCUT2D eigenvalue weighted by atomic mass is 9.84. The fourth-order valence-corrected chi connectivity index (χ4v) is 5.42. The van der Waals surface area contributed by atoms with E-state index < -0.39 is 0 Å². The van der Waals surface area contributed by atoms with Crippen LogP contribution in [0, 0.1) is 6.92 Å². The van der Waals surface area contributed by atoms with Crippen molar-refractivity contribution in [3.05, 3.63) is 144 Å². The first-order valence-electron chi connectivity index (χ1n) is 12.6. The quantitative estimate of drug-likeness (QED) is 0.259. The van der Waals surface area contributed by atoms with Crippen LogP contribution >= 0.6 is 0 Å². The Morgan fingerprint density at radius 2 is 1.19 bits per heavy atom. The van der Waals surface area contributed by atoms with E-state index in [1.807, 2.05) is 10.7 Å². The van der Waals surface area contributed by atoms with Crippen LogP contribution < -0.4 is 0 Å². The number of benzene rings is 4. The maximum atomic E-state index is 5.18. The molecule has 4 nitrogen and oxygen atoms in total. The van der Waals surface area contributed by atoms with Crippen LogP contribution in [0.3, 0.4) is 0 Å². The van der Waals surface area contributed by atoms with E-state index in [4.69, 9.17) is 5.10 Å². The summed E-state index contributed by atoms with van der Waals surface area (Å²) in [7, 11) is 0. The molecule has 0 aliphatic carbocycles. The largest absolute Gasteiger partial charge is 0.361 e. The van der Waals surface area contributed by atoms with E-state index in [2.05, 4.69) is 133 Å². The standard InChI is InChI=1S/C33H26N4/c1-22-15-17-23(18-16-22)33-29(21-37(36-33)24-9-3-2-4-10-24)32(27-19-34-30-13-7-5-11-25(27)30)28-20-35-31-14-8-6-12-26(28)31/h2-21,32,34-35H,1H3. The average Bonchev–Trinajstić information content (AvgIpc) is 3.68. The molecule has 4 heteroatoms. The molecule has 0 bridgehead atoms. The maximum Gasteiger partial charge on any atom is 0.0969 e. The topological polar surface area (TPSA) is 49.4 Å². The van der Waals surface area contributed by atoms with Gasteiger partial charge < -0.3 is 9.97 Å². The molecule has 4 aromatic carbocycles. The molecule has 3 aromatic heterocycles. The fourth-order valence-electron chi connectivity index (χ4n) is 5.42. The van der Waals surface area contributed by atoms with Gasteiger partial charge in [-0.2, -0.15) is 5.10 Å². The Morgan fingerprint density at radius 3 is 1.81 bits per heavy atom. The summed E-state index contributed by atoms with van der Waals surface area (Å²) in [6.07, 6.45) is 6.53. The number of para-hydroxylation sites is 3. The highest BCUT2D eigenvalue weighted by atomic mass is 15.3. The van der Waals surface area contributed by atoms with Crippen molar-refractivity contribution >= 4 is 21.8 Å². The number of H-pyrrole nitrogens is 2. The maximum absolute atomic E-state index is 5.18. The Bertz CT molecular complexity index is 1760. The Balaban J connectivity index is 1.54. The van der Waals surface area contributed by atoms with Crippen LogP contribution in [-0.2, 0) is 0 Å². The summed E-state index contributed by atoms with van der Waals surface area (Å²) in [6.45, 7) is 2.12. The molecule has 0 amide bonds. The van der Waals surface area contributed by atoms with Gasteiger partial charge in [0.15, 0.2) is 0 Å². The molecule has 0 aliphatic rings. The van der Waals surface area contributed by atoms with E-state index in [-0.39, 0.29) is 5.92 Å². The first kappa shape index (κ1) is 21.5. The Hall–Kier alpha value is -4.83. The van der Waals surface area contributed by atoms with Crippen LogP contribution in [-0.4, -0.2) is 19.7 Å². The van der Waals surface area contributed by atoms with Gasteiger partial charge in [-0.15, -0.1) is 0 Å². The lowest BCUT2D eigenvalue weighted by Crippen LogP contribution is -2.03. The summed E-state index contributed by atoms with van der Waals surface area (Å²) in [5, 5.41) is 7.62. The molecule has 0 fully saturated rings. The number of hydrogen-bond donors (Lipinski definition) is 2. The van der Waals surface area contributed by atoms with Crippen molar-refractivity contribution < 1.29 is 0 Å². The summed E-state index contributed by atoms with van der Waals surface area (Å²) in [6, 6.07) is 36.1. The van der Waals surface area contributed by atoms with Crippen LogP contribution in [0.5, 0.6) is 0 Å². The molecule has 7 aromatic rings. The number of hydrogen-bond acceptors (Lipinski definition) is 1. The van der Waals surface area contributed by atoms with E-state index in [1.165, 1.54) is 33.0 Å². The molecule has 37 heavy (non-hydrogen) atoms. The van der Waals surface area contributed by atoms with Crippen LogP contribution in [0.15, 0.2) is 122 Å².